The van der Waals surface area contributed by atoms with Gasteiger partial charge < -0.3 is 9.47 Å². The fourth-order valence-corrected chi connectivity index (χ4v) is 2.80. The third-order valence-corrected chi connectivity index (χ3v) is 4.01. The third kappa shape index (κ3) is 4.54. The zero-order chi connectivity index (χ0) is 18.2. The van der Waals surface area contributed by atoms with Crippen LogP contribution in [0, 0.1) is 0 Å². The minimum atomic E-state index is -0.298. The van der Waals surface area contributed by atoms with Crippen LogP contribution in [-0.2, 0) is 4.79 Å². The van der Waals surface area contributed by atoms with E-state index in [9.17, 15) is 4.79 Å². The second-order valence-electron chi connectivity index (χ2n) is 4.83. The number of nitrogens with one attached hydrogen (secondary N) is 1. The molecule has 1 aromatic carbocycles. The lowest BCUT2D eigenvalue weighted by Crippen LogP contribution is -2.13. The maximum absolute atomic E-state index is 12.3. The Hall–Kier alpha value is -2.93. The van der Waals surface area contributed by atoms with Gasteiger partial charge in [0.2, 0.25) is 0 Å². The van der Waals surface area contributed by atoms with Crippen molar-refractivity contribution in [2.75, 3.05) is 19.5 Å². The van der Waals surface area contributed by atoms with Crippen LogP contribution in [0.4, 0.5) is 5.13 Å². The van der Waals surface area contributed by atoms with Gasteiger partial charge in [0, 0.05) is 23.2 Å². The van der Waals surface area contributed by atoms with Crippen LogP contribution < -0.4 is 14.8 Å². The molecule has 2 rings (SSSR count). The molecule has 1 aromatic heterocycles. The highest BCUT2D eigenvalue weighted by Gasteiger charge is 2.13. The minimum absolute atomic E-state index is 0.298. The molecule has 0 aliphatic heterocycles. The summed E-state index contributed by atoms with van der Waals surface area (Å²) in [5.74, 6) is 1.04. The van der Waals surface area contributed by atoms with E-state index < -0.39 is 0 Å². The van der Waals surface area contributed by atoms with Crippen LogP contribution in [0.1, 0.15) is 6.92 Å². The lowest BCUT2D eigenvalue weighted by Gasteiger charge is -2.08. The summed E-state index contributed by atoms with van der Waals surface area (Å²) in [4.78, 5) is 20.3. The summed E-state index contributed by atoms with van der Waals surface area (Å²) in [6.07, 6.45) is 4.81. The van der Waals surface area contributed by atoms with Crippen LogP contribution in [0.5, 0.6) is 11.5 Å². The molecule has 0 spiro atoms. The number of thiazole rings is 1. The Morgan fingerprint density at radius 2 is 2.16 bits per heavy atom. The molecule has 1 amide bonds. The number of rotatable bonds is 7. The van der Waals surface area contributed by atoms with E-state index in [1.54, 1.807) is 32.4 Å². The van der Waals surface area contributed by atoms with Crippen molar-refractivity contribution in [1.82, 2.24) is 4.98 Å². The fourth-order valence-electron chi connectivity index (χ4n) is 2.09. The molecule has 2 aromatic rings. The average molecular weight is 357 g/mol. The Bertz CT molecular complexity index is 825. The van der Waals surface area contributed by atoms with Gasteiger partial charge in [0.1, 0.15) is 11.5 Å². The summed E-state index contributed by atoms with van der Waals surface area (Å²) in [5.41, 5.74) is 1.92. The topological polar surface area (TPSA) is 72.8 Å². The van der Waals surface area contributed by atoms with E-state index in [1.165, 1.54) is 17.5 Å². The second kappa shape index (κ2) is 8.79. The normalized spacial score (nSPS) is 11.4. The first-order chi connectivity index (χ1) is 12.1. The Labute approximate surface area is 150 Å². The minimum Gasteiger partial charge on any atom is -0.497 e. The van der Waals surface area contributed by atoms with Gasteiger partial charge in [0.15, 0.2) is 5.13 Å². The standard InChI is InChI=1S/C18H19N3O3S/c1-5-6-12(10-19-2)17(22)21-18-20-15(11-25-18)14-8-7-13(23-3)9-16(14)24-4/h5-11H,2H2,1,3-4H3,(H,20,21,22)/b6-5-,12-10+. The number of aliphatic imine (C=N–C) groups is 1. The smallest absolute Gasteiger partial charge is 0.258 e. The van der Waals surface area contributed by atoms with Crippen LogP contribution in [0.2, 0.25) is 0 Å². The van der Waals surface area contributed by atoms with Gasteiger partial charge in [-0.3, -0.25) is 15.1 Å². The van der Waals surface area contributed by atoms with E-state index in [-0.39, 0.29) is 5.91 Å². The largest absolute Gasteiger partial charge is 0.497 e. The van der Waals surface area contributed by atoms with Gasteiger partial charge in [-0.15, -0.1) is 11.3 Å². The number of benzene rings is 1. The molecule has 0 saturated carbocycles. The number of hydrogen-bond donors (Lipinski definition) is 1. The van der Waals surface area contributed by atoms with Crippen LogP contribution in [0.3, 0.4) is 0 Å². The first-order valence-corrected chi connectivity index (χ1v) is 8.28. The first-order valence-electron chi connectivity index (χ1n) is 7.41. The third-order valence-electron chi connectivity index (χ3n) is 3.25. The van der Waals surface area contributed by atoms with Crippen molar-refractivity contribution in [2.45, 2.75) is 6.92 Å². The van der Waals surface area contributed by atoms with Crippen LogP contribution in [0.25, 0.3) is 11.3 Å². The van der Waals surface area contributed by atoms with E-state index in [0.29, 0.717) is 27.9 Å². The molecule has 7 heteroatoms. The van der Waals surface area contributed by atoms with E-state index in [0.717, 1.165) is 5.56 Å². The number of carbonyl (C=O) groups is 1. The van der Waals surface area contributed by atoms with Gasteiger partial charge in [-0.1, -0.05) is 12.2 Å². The molecule has 0 bridgehead atoms. The van der Waals surface area contributed by atoms with E-state index in [4.69, 9.17) is 9.47 Å². The number of nitrogens with zero attached hydrogens (tertiary/aromatic N) is 2. The molecule has 0 saturated heterocycles. The molecule has 0 fully saturated rings. The molecular weight excluding hydrogens is 338 g/mol. The second-order valence-corrected chi connectivity index (χ2v) is 5.68. The Morgan fingerprint density at radius 3 is 2.80 bits per heavy atom. The molecule has 130 valence electrons. The predicted molar refractivity (Wildman–Crippen MR) is 102 cm³/mol. The van der Waals surface area contributed by atoms with E-state index in [1.807, 2.05) is 24.4 Å². The molecule has 0 radical (unpaired) electrons. The van der Waals surface area contributed by atoms with Crippen molar-refractivity contribution >= 4 is 29.1 Å². The van der Waals surface area contributed by atoms with Crippen molar-refractivity contribution in [3.63, 3.8) is 0 Å². The number of allylic oxidation sites excluding steroid dienone is 1. The van der Waals surface area contributed by atoms with Crippen LogP contribution in [-0.4, -0.2) is 31.8 Å². The maximum Gasteiger partial charge on any atom is 0.258 e. The fraction of sp³-hybridized carbons (Fsp3) is 0.167. The van der Waals surface area contributed by atoms with Crippen molar-refractivity contribution in [3.05, 3.63) is 47.5 Å². The highest BCUT2D eigenvalue weighted by Crippen LogP contribution is 2.34. The van der Waals surface area contributed by atoms with Gasteiger partial charge >= 0.3 is 0 Å². The number of anilines is 1. The quantitative estimate of drug-likeness (QED) is 0.463. The summed E-state index contributed by atoms with van der Waals surface area (Å²) in [6, 6.07) is 5.48. The summed E-state index contributed by atoms with van der Waals surface area (Å²) in [5, 5.41) is 5.09. The molecule has 0 aliphatic carbocycles. The number of aromatic nitrogens is 1. The van der Waals surface area contributed by atoms with Crippen molar-refractivity contribution in [1.29, 1.82) is 0 Å². The summed E-state index contributed by atoms with van der Waals surface area (Å²) in [6.45, 7) is 5.19. The van der Waals surface area contributed by atoms with Gasteiger partial charge in [0.05, 0.1) is 25.5 Å². The SMILES string of the molecule is C=N/C=C(\C=C/C)C(=O)Nc1nc(-c2ccc(OC)cc2OC)cs1. The molecule has 6 nitrogen and oxygen atoms in total. The monoisotopic (exact) mass is 357 g/mol. The van der Waals surface area contributed by atoms with Crippen molar-refractivity contribution < 1.29 is 14.3 Å². The summed E-state index contributed by atoms with van der Waals surface area (Å²) >= 11 is 1.33. The molecule has 0 atom stereocenters. The lowest BCUT2D eigenvalue weighted by molar-refractivity contribution is -0.112. The van der Waals surface area contributed by atoms with Crippen LogP contribution >= 0.6 is 11.3 Å². The van der Waals surface area contributed by atoms with Gasteiger partial charge in [-0.2, -0.15) is 0 Å². The predicted octanol–water partition coefficient (Wildman–Crippen LogP) is 3.93. The summed E-state index contributed by atoms with van der Waals surface area (Å²) in [7, 11) is 3.18. The first kappa shape index (κ1) is 18.4. The van der Waals surface area contributed by atoms with E-state index in [2.05, 4.69) is 22.0 Å². The van der Waals surface area contributed by atoms with Gasteiger partial charge in [-0.05, 0) is 25.8 Å². The highest BCUT2D eigenvalue weighted by atomic mass is 32.1. The maximum atomic E-state index is 12.3. The zero-order valence-electron chi connectivity index (χ0n) is 14.3. The Morgan fingerprint density at radius 1 is 1.36 bits per heavy atom. The molecule has 0 aliphatic rings. The molecular formula is C18H19N3O3S. The Kier molecular flexibility index (Phi) is 6.47. The average Bonchev–Trinajstić information content (AvgIpc) is 3.09. The van der Waals surface area contributed by atoms with Crippen LogP contribution in [0.15, 0.2) is 52.5 Å². The van der Waals surface area contributed by atoms with Gasteiger partial charge in [0.25, 0.3) is 5.91 Å². The summed E-state index contributed by atoms with van der Waals surface area (Å²) < 4.78 is 10.6. The van der Waals surface area contributed by atoms with Gasteiger partial charge in [-0.25, -0.2) is 4.98 Å². The number of carbonyl (C=O) groups excluding carboxylic acids is 1. The van der Waals surface area contributed by atoms with Crippen molar-refractivity contribution in [3.8, 4) is 22.8 Å². The number of methoxy groups -OCH3 is 2. The van der Waals surface area contributed by atoms with Crippen molar-refractivity contribution in [2.24, 2.45) is 4.99 Å². The molecule has 0 unspecified atom stereocenters. The number of amides is 1. The molecule has 25 heavy (non-hydrogen) atoms. The number of hydrogen-bond acceptors (Lipinski definition) is 6. The zero-order valence-corrected chi connectivity index (χ0v) is 15.1. The number of ether oxygens (including phenoxy) is 2. The molecule has 1 heterocycles. The Balaban J connectivity index is 2.24. The van der Waals surface area contributed by atoms with E-state index >= 15 is 0 Å². The lowest BCUT2D eigenvalue weighted by atomic mass is 10.1. The molecule has 1 N–H and O–H groups in total. The highest BCUT2D eigenvalue weighted by molar-refractivity contribution is 7.14.